The summed E-state index contributed by atoms with van der Waals surface area (Å²) in [5.74, 6) is 5.85. The number of nitrogens with zero attached hydrogens (tertiary/aromatic N) is 2. The Bertz CT molecular complexity index is 1000. The van der Waals surface area contributed by atoms with Crippen molar-refractivity contribution in [2.75, 3.05) is 14.2 Å². The van der Waals surface area contributed by atoms with E-state index < -0.39 is 6.36 Å². The second-order valence-electron chi connectivity index (χ2n) is 6.25. The molecule has 0 heterocycles. The number of nitrogens with one attached hydrogen (secondary N) is 1. The molecule has 0 fully saturated rings. The molecule has 0 spiro atoms. The highest BCUT2D eigenvalue weighted by atomic mass is 19.4. The molecule has 9 heteroatoms. The lowest BCUT2D eigenvalue weighted by molar-refractivity contribution is -0.274. The third kappa shape index (κ3) is 7.68. The predicted molar refractivity (Wildman–Crippen MR) is 112 cm³/mol. The van der Waals surface area contributed by atoms with Crippen LogP contribution in [-0.2, 0) is 16.3 Å². The molecule has 1 N–H and O–H groups in total. The molecule has 2 aromatic carbocycles. The van der Waals surface area contributed by atoms with Crippen LogP contribution >= 0.6 is 0 Å². The molecule has 164 valence electrons. The van der Waals surface area contributed by atoms with Gasteiger partial charge < -0.3 is 9.57 Å². The van der Waals surface area contributed by atoms with Crippen LogP contribution in [0.2, 0.25) is 0 Å². The quantitative estimate of drug-likeness (QED) is 0.318. The molecule has 2 rings (SSSR count). The van der Waals surface area contributed by atoms with Crippen LogP contribution in [0.4, 0.5) is 13.2 Å². The molecular formula is C22H22F3N3O3. The van der Waals surface area contributed by atoms with Crippen molar-refractivity contribution >= 4 is 11.5 Å². The van der Waals surface area contributed by atoms with Gasteiger partial charge in [0.1, 0.15) is 18.1 Å². The van der Waals surface area contributed by atoms with Crippen LogP contribution in [-0.4, -0.2) is 32.1 Å². The van der Waals surface area contributed by atoms with Crippen LogP contribution in [0.1, 0.15) is 29.2 Å². The van der Waals surface area contributed by atoms with Gasteiger partial charge in [-0.2, -0.15) is 0 Å². The smallest absolute Gasteiger partial charge is 0.406 e. The number of aliphatic imine (C=N–C) groups is 1. The lowest BCUT2D eigenvalue weighted by Crippen LogP contribution is -2.24. The minimum Gasteiger partial charge on any atom is -0.406 e. The molecule has 0 atom stereocenters. The second-order valence-corrected chi connectivity index (χ2v) is 6.25. The van der Waals surface area contributed by atoms with E-state index in [9.17, 15) is 13.2 Å². The maximum atomic E-state index is 12.2. The maximum absolute atomic E-state index is 12.2. The fourth-order valence-corrected chi connectivity index (χ4v) is 2.55. The van der Waals surface area contributed by atoms with Crippen molar-refractivity contribution in [2.45, 2.75) is 26.8 Å². The Hall–Kier alpha value is -3.51. The number of aryl methyl sites for hydroxylation is 1. The zero-order chi connectivity index (χ0) is 22.9. The van der Waals surface area contributed by atoms with Crippen molar-refractivity contribution in [1.29, 1.82) is 0 Å². The summed E-state index contributed by atoms with van der Waals surface area (Å²) >= 11 is 0. The summed E-state index contributed by atoms with van der Waals surface area (Å²) in [5, 5.41) is 3.99. The minimum absolute atomic E-state index is 0.189. The van der Waals surface area contributed by atoms with Crippen molar-refractivity contribution in [3.8, 4) is 17.6 Å². The monoisotopic (exact) mass is 433 g/mol. The number of amidine groups is 1. The fraction of sp³-hybridized carbons (Fsp3) is 0.273. The third-order valence-corrected chi connectivity index (χ3v) is 3.97. The van der Waals surface area contributed by atoms with Crippen molar-refractivity contribution < 1.29 is 27.6 Å². The summed E-state index contributed by atoms with van der Waals surface area (Å²) < 4.78 is 40.4. The topological polar surface area (TPSA) is 64.4 Å². The van der Waals surface area contributed by atoms with Crippen LogP contribution in [0, 0.1) is 18.8 Å². The summed E-state index contributed by atoms with van der Waals surface area (Å²) in [4.78, 5) is 14.6. The summed E-state index contributed by atoms with van der Waals surface area (Å²) in [5.41, 5.74) is 6.36. The van der Waals surface area contributed by atoms with E-state index in [0.717, 1.165) is 16.7 Å². The molecule has 31 heavy (non-hydrogen) atoms. The molecule has 0 radical (unpaired) electrons. The van der Waals surface area contributed by atoms with Crippen molar-refractivity contribution in [3.63, 3.8) is 0 Å². The highest BCUT2D eigenvalue weighted by molar-refractivity contribution is 5.99. The molecule has 0 saturated carbocycles. The first-order valence-corrected chi connectivity index (χ1v) is 9.12. The molecule has 0 aliphatic carbocycles. The molecule has 2 aromatic rings. The van der Waals surface area contributed by atoms with E-state index in [1.807, 2.05) is 25.1 Å². The Kier molecular flexibility index (Phi) is 8.46. The average Bonchev–Trinajstić information content (AvgIpc) is 2.71. The van der Waals surface area contributed by atoms with Gasteiger partial charge in [0.15, 0.2) is 5.84 Å². The Morgan fingerprint density at radius 1 is 1.13 bits per heavy atom. The molecule has 6 nitrogen and oxygen atoms in total. The van der Waals surface area contributed by atoms with Crippen LogP contribution < -0.4 is 10.2 Å². The summed E-state index contributed by atoms with van der Waals surface area (Å²) in [6.45, 7) is 3.80. The lowest BCUT2D eigenvalue weighted by Gasteiger charge is -2.14. The van der Waals surface area contributed by atoms with E-state index in [4.69, 9.17) is 9.68 Å². The van der Waals surface area contributed by atoms with E-state index in [2.05, 4.69) is 32.2 Å². The molecule has 0 unspecified atom stereocenters. The van der Waals surface area contributed by atoms with Crippen molar-refractivity contribution in [2.24, 2.45) is 10.1 Å². The lowest BCUT2D eigenvalue weighted by atomic mass is 10.0. The number of oxime groups is 1. The number of hydrogen-bond donors (Lipinski definition) is 1. The van der Waals surface area contributed by atoms with E-state index in [1.165, 1.54) is 31.4 Å². The number of hydrogen-bond acceptors (Lipinski definition) is 5. The molecule has 0 amide bonds. The summed E-state index contributed by atoms with van der Waals surface area (Å²) in [6, 6.07) is 11.0. The van der Waals surface area contributed by atoms with E-state index in [-0.39, 0.29) is 12.4 Å². The maximum Gasteiger partial charge on any atom is 0.573 e. The largest absolute Gasteiger partial charge is 0.573 e. The van der Waals surface area contributed by atoms with Crippen molar-refractivity contribution in [1.82, 2.24) is 5.48 Å². The van der Waals surface area contributed by atoms with Gasteiger partial charge in [0.2, 0.25) is 0 Å². The first kappa shape index (κ1) is 23.8. The average molecular weight is 433 g/mol. The van der Waals surface area contributed by atoms with Gasteiger partial charge in [0.25, 0.3) is 0 Å². The van der Waals surface area contributed by atoms with E-state index >= 15 is 0 Å². The number of benzene rings is 2. The van der Waals surface area contributed by atoms with Gasteiger partial charge in [-0.25, -0.2) is 5.48 Å². The van der Waals surface area contributed by atoms with Gasteiger partial charge in [0, 0.05) is 23.7 Å². The first-order chi connectivity index (χ1) is 14.7. The normalized spacial score (nSPS) is 12.1. The van der Waals surface area contributed by atoms with Crippen LogP contribution in [0.3, 0.4) is 0 Å². The van der Waals surface area contributed by atoms with E-state index in [0.29, 0.717) is 17.1 Å². The SMILES string of the molecule is CN=C(NOC)c1cccc(C)c1CO/N=C(\C)C#Cc1ccc(OC(F)(F)F)cc1. The molecule has 0 aliphatic heterocycles. The van der Waals surface area contributed by atoms with Crippen LogP contribution in [0.25, 0.3) is 0 Å². The van der Waals surface area contributed by atoms with E-state index in [1.54, 1.807) is 14.0 Å². The zero-order valence-electron chi connectivity index (χ0n) is 17.5. The number of ether oxygens (including phenoxy) is 1. The zero-order valence-corrected chi connectivity index (χ0v) is 17.5. The Labute approximate surface area is 178 Å². The Morgan fingerprint density at radius 2 is 1.84 bits per heavy atom. The Morgan fingerprint density at radius 3 is 2.45 bits per heavy atom. The predicted octanol–water partition coefficient (Wildman–Crippen LogP) is 4.37. The van der Waals surface area contributed by atoms with Gasteiger partial charge >= 0.3 is 6.36 Å². The summed E-state index contributed by atoms with van der Waals surface area (Å²) in [7, 11) is 3.15. The highest BCUT2D eigenvalue weighted by Gasteiger charge is 2.30. The highest BCUT2D eigenvalue weighted by Crippen LogP contribution is 2.22. The third-order valence-electron chi connectivity index (χ3n) is 3.97. The first-order valence-electron chi connectivity index (χ1n) is 9.12. The van der Waals surface area contributed by atoms with Gasteiger partial charge in [-0.05, 0) is 49.6 Å². The number of halogens is 3. The fourth-order valence-electron chi connectivity index (χ4n) is 2.55. The Balaban J connectivity index is 2.05. The number of alkyl halides is 3. The molecule has 0 saturated heterocycles. The van der Waals surface area contributed by atoms with Gasteiger partial charge in [-0.15, -0.1) is 13.2 Å². The molecule has 0 aliphatic rings. The molecule has 0 aromatic heterocycles. The van der Waals surface area contributed by atoms with Gasteiger partial charge in [0.05, 0.1) is 7.11 Å². The second kappa shape index (κ2) is 11.0. The summed E-state index contributed by atoms with van der Waals surface area (Å²) in [6.07, 6.45) is -4.73. The minimum atomic E-state index is -4.73. The van der Waals surface area contributed by atoms with Gasteiger partial charge in [-0.1, -0.05) is 29.3 Å². The van der Waals surface area contributed by atoms with Gasteiger partial charge in [-0.3, -0.25) is 9.83 Å². The van der Waals surface area contributed by atoms with Crippen LogP contribution in [0.15, 0.2) is 52.6 Å². The number of hydroxylamine groups is 1. The number of rotatable bonds is 6. The standard InChI is InChI=1S/C22H22F3N3O3/c1-15-6-5-7-19(21(26-3)28-29-4)20(15)14-30-27-16(2)8-9-17-10-12-18(13-11-17)31-22(23,24)25/h5-7,10-13H,14H2,1-4H3,(H,26,28)/b27-16+. The van der Waals surface area contributed by atoms with Crippen LogP contribution in [0.5, 0.6) is 5.75 Å². The van der Waals surface area contributed by atoms with Crippen molar-refractivity contribution in [3.05, 3.63) is 64.7 Å². The molecular weight excluding hydrogens is 411 g/mol. The molecule has 0 bridgehead atoms.